The first-order valence-electron chi connectivity index (χ1n) is 9.25. The number of rotatable bonds is 3. The highest BCUT2D eigenvalue weighted by molar-refractivity contribution is 5.87. The maximum absolute atomic E-state index is 12.3. The molecule has 2 aliphatic carbocycles. The molecule has 2 N–H and O–H groups in total. The predicted octanol–water partition coefficient (Wildman–Crippen LogP) is 3.60. The Hall–Kier alpha value is -0.870. The first-order chi connectivity index (χ1) is 11.0. The standard InChI is InChI=1S/C20H34O4/c1-7-14(4)17(21)24-16-8-9-19(6,22)15-12-20(23,13(2)3)11-10-18(15,16)5/h7,13,15-16,22-23H,8-12H2,1-6H3/b14-7+/t15-,16-,18-,19+,20+/m1/s1. The minimum Gasteiger partial charge on any atom is -0.458 e. The zero-order valence-corrected chi connectivity index (χ0v) is 16.1. The fourth-order valence-corrected chi connectivity index (χ4v) is 4.65. The van der Waals surface area contributed by atoms with Crippen LogP contribution in [0, 0.1) is 17.3 Å². The number of carbonyl (C=O) groups excluding carboxylic acids is 1. The van der Waals surface area contributed by atoms with Crippen molar-refractivity contribution in [2.24, 2.45) is 17.3 Å². The van der Waals surface area contributed by atoms with Gasteiger partial charge in [0, 0.05) is 11.0 Å². The van der Waals surface area contributed by atoms with Crippen molar-refractivity contribution in [1.82, 2.24) is 0 Å². The van der Waals surface area contributed by atoms with E-state index in [-0.39, 0.29) is 29.3 Å². The Morgan fingerprint density at radius 2 is 1.83 bits per heavy atom. The lowest BCUT2D eigenvalue weighted by molar-refractivity contribution is -0.217. The smallest absolute Gasteiger partial charge is 0.333 e. The maximum Gasteiger partial charge on any atom is 0.333 e. The third-order valence-electron chi connectivity index (χ3n) is 6.93. The van der Waals surface area contributed by atoms with E-state index < -0.39 is 11.2 Å². The lowest BCUT2D eigenvalue weighted by Gasteiger charge is -2.59. The molecule has 0 amide bonds. The Kier molecular flexibility index (Phi) is 5.23. The molecular weight excluding hydrogens is 304 g/mol. The Bertz CT molecular complexity index is 522. The molecule has 24 heavy (non-hydrogen) atoms. The van der Waals surface area contributed by atoms with E-state index in [2.05, 4.69) is 6.92 Å². The van der Waals surface area contributed by atoms with Gasteiger partial charge in [-0.1, -0.05) is 26.8 Å². The Morgan fingerprint density at radius 3 is 2.38 bits per heavy atom. The van der Waals surface area contributed by atoms with E-state index in [0.29, 0.717) is 31.3 Å². The number of hydrogen-bond acceptors (Lipinski definition) is 4. The largest absolute Gasteiger partial charge is 0.458 e. The number of allylic oxidation sites excluding steroid dienone is 1. The second kappa shape index (κ2) is 6.45. The lowest BCUT2D eigenvalue weighted by atomic mass is 9.50. The zero-order chi connectivity index (χ0) is 18.3. The lowest BCUT2D eigenvalue weighted by Crippen LogP contribution is -2.61. The van der Waals surface area contributed by atoms with Crippen molar-refractivity contribution in [2.45, 2.75) is 91.0 Å². The van der Waals surface area contributed by atoms with Gasteiger partial charge in [0.25, 0.3) is 0 Å². The van der Waals surface area contributed by atoms with E-state index in [1.807, 2.05) is 27.7 Å². The van der Waals surface area contributed by atoms with Gasteiger partial charge in [0.05, 0.1) is 11.2 Å². The Morgan fingerprint density at radius 1 is 1.21 bits per heavy atom. The highest BCUT2D eigenvalue weighted by Gasteiger charge is 2.59. The highest BCUT2D eigenvalue weighted by atomic mass is 16.5. The molecule has 2 rings (SSSR count). The molecule has 0 unspecified atom stereocenters. The number of fused-ring (bicyclic) bond motifs is 1. The van der Waals surface area contributed by atoms with Gasteiger partial charge in [-0.2, -0.15) is 0 Å². The molecule has 4 heteroatoms. The van der Waals surface area contributed by atoms with Gasteiger partial charge in [-0.15, -0.1) is 0 Å². The number of ether oxygens (including phenoxy) is 1. The van der Waals surface area contributed by atoms with E-state index in [4.69, 9.17) is 4.74 Å². The molecule has 138 valence electrons. The molecule has 0 heterocycles. The average molecular weight is 338 g/mol. The first-order valence-corrected chi connectivity index (χ1v) is 9.25. The molecule has 0 aliphatic heterocycles. The molecule has 0 saturated heterocycles. The summed E-state index contributed by atoms with van der Waals surface area (Å²) in [5.74, 6) is -0.205. The molecule has 0 spiro atoms. The summed E-state index contributed by atoms with van der Waals surface area (Å²) in [5, 5.41) is 22.0. The minimum absolute atomic E-state index is 0.0800. The number of esters is 1. The average Bonchev–Trinajstić information content (AvgIpc) is 2.51. The topological polar surface area (TPSA) is 66.8 Å². The quantitative estimate of drug-likeness (QED) is 0.609. The molecule has 0 bridgehead atoms. The SMILES string of the molecule is C/C=C(\C)C(=O)O[C@@H]1CC[C@](C)(O)[C@@H]2C[C@](O)(C(C)C)CC[C@]21C. The molecule has 0 aromatic carbocycles. The first kappa shape index (κ1) is 19.5. The molecule has 5 atom stereocenters. The molecule has 2 aliphatic rings. The van der Waals surface area contributed by atoms with Gasteiger partial charge in [-0.05, 0) is 64.7 Å². The maximum atomic E-state index is 12.3. The molecule has 0 radical (unpaired) electrons. The van der Waals surface area contributed by atoms with Crippen LogP contribution in [0.15, 0.2) is 11.6 Å². The molecule has 0 aromatic heterocycles. The van der Waals surface area contributed by atoms with Crippen molar-refractivity contribution in [2.75, 3.05) is 0 Å². The fraction of sp³-hybridized carbons (Fsp3) is 0.850. The summed E-state index contributed by atoms with van der Waals surface area (Å²) in [6.07, 6.45) is 4.82. The van der Waals surface area contributed by atoms with Crippen molar-refractivity contribution in [3.63, 3.8) is 0 Å². The van der Waals surface area contributed by atoms with Gasteiger partial charge in [-0.25, -0.2) is 4.79 Å². The van der Waals surface area contributed by atoms with Crippen LogP contribution >= 0.6 is 0 Å². The predicted molar refractivity (Wildman–Crippen MR) is 94.4 cm³/mol. The minimum atomic E-state index is -0.837. The highest BCUT2D eigenvalue weighted by Crippen LogP contribution is 2.58. The summed E-state index contributed by atoms with van der Waals surface area (Å²) in [7, 11) is 0. The Labute approximate surface area is 146 Å². The van der Waals surface area contributed by atoms with Crippen molar-refractivity contribution in [3.8, 4) is 0 Å². The van der Waals surface area contributed by atoms with E-state index in [9.17, 15) is 15.0 Å². The third-order valence-corrected chi connectivity index (χ3v) is 6.93. The summed E-state index contributed by atoms with van der Waals surface area (Å²) in [4.78, 5) is 12.3. The monoisotopic (exact) mass is 338 g/mol. The van der Waals surface area contributed by atoms with Crippen LogP contribution in [-0.2, 0) is 9.53 Å². The van der Waals surface area contributed by atoms with Crippen LogP contribution in [0.25, 0.3) is 0 Å². The second-order valence-electron chi connectivity index (χ2n) is 8.78. The second-order valence-corrected chi connectivity index (χ2v) is 8.78. The molecule has 2 fully saturated rings. The van der Waals surface area contributed by atoms with Crippen LogP contribution in [0.5, 0.6) is 0 Å². The van der Waals surface area contributed by atoms with Gasteiger partial charge in [0.15, 0.2) is 0 Å². The van der Waals surface area contributed by atoms with E-state index >= 15 is 0 Å². The van der Waals surface area contributed by atoms with Crippen molar-refractivity contribution < 1.29 is 19.7 Å². The van der Waals surface area contributed by atoms with Gasteiger partial charge in [-0.3, -0.25) is 0 Å². The summed E-state index contributed by atoms with van der Waals surface area (Å²) in [6, 6.07) is 0. The van der Waals surface area contributed by atoms with E-state index in [0.717, 1.165) is 6.42 Å². The van der Waals surface area contributed by atoms with Crippen LogP contribution in [0.2, 0.25) is 0 Å². The normalized spacial score (nSPS) is 43.5. The number of carbonyl (C=O) groups is 1. The van der Waals surface area contributed by atoms with Gasteiger partial charge in [0.2, 0.25) is 0 Å². The van der Waals surface area contributed by atoms with Crippen LogP contribution in [0.4, 0.5) is 0 Å². The summed E-state index contributed by atoms with van der Waals surface area (Å²) in [6.45, 7) is 11.7. The summed E-state index contributed by atoms with van der Waals surface area (Å²) < 4.78 is 5.84. The summed E-state index contributed by atoms with van der Waals surface area (Å²) in [5.41, 5.74) is -1.27. The van der Waals surface area contributed by atoms with Crippen LogP contribution in [-0.4, -0.2) is 33.5 Å². The number of aliphatic hydroxyl groups is 2. The zero-order valence-electron chi connectivity index (χ0n) is 16.1. The third kappa shape index (κ3) is 3.28. The van der Waals surface area contributed by atoms with Gasteiger partial charge >= 0.3 is 5.97 Å². The fourth-order valence-electron chi connectivity index (χ4n) is 4.65. The van der Waals surface area contributed by atoms with Crippen LogP contribution in [0.1, 0.15) is 73.6 Å². The van der Waals surface area contributed by atoms with Crippen LogP contribution < -0.4 is 0 Å². The number of hydrogen-bond donors (Lipinski definition) is 2. The van der Waals surface area contributed by atoms with Crippen molar-refractivity contribution in [3.05, 3.63) is 11.6 Å². The van der Waals surface area contributed by atoms with Crippen molar-refractivity contribution >= 4 is 5.97 Å². The molecule has 2 saturated carbocycles. The van der Waals surface area contributed by atoms with Gasteiger partial charge in [0.1, 0.15) is 6.10 Å². The Balaban J connectivity index is 2.29. The van der Waals surface area contributed by atoms with E-state index in [1.165, 1.54) is 0 Å². The van der Waals surface area contributed by atoms with Crippen LogP contribution in [0.3, 0.4) is 0 Å². The van der Waals surface area contributed by atoms with Crippen molar-refractivity contribution in [1.29, 1.82) is 0 Å². The summed E-state index contributed by atoms with van der Waals surface area (Å²) >= 11 is 0. The molecular formula is C20H34O4. The molecule has 0 aromatic rings. The van der Waals surface area contributed by atoms with E-state index in [1.54, 1.807) is 13.0 Å². The molecule has 4 nitrogen and oxygen atoms in total. The van der Waals surface area contributed by atoms with Gasteiger partial charge < -0.3 is 14.9 Å².